The highest BCUT2D eigenvalue weighted by molar-refractivity contribution is 6.17. The van der Waals surface area contributed by atoms with E-state index >= 15 is 0 Å². The fraction of sp³-hybridized carbons (Fsp3) is 0.750. The van der Waals surface area contributed by atoms with Crippen molar-refractivity contribution in [2.24, 2.45) is 7.05 Å². The molecule has 4 heteroatoms. The Morgan fingerprint density at radius 2 is 2.19 bits per heavy atom. The van der Waals surface area contributed by atoms with Crippen LogP contribution in [0, 0.1) is 0 Å². The van der Waals surface area contributed by atoms with Crippen LogP contribution in [0.4, 0.5) is 0 Å². The minimum atomic E-state index is 0.580. The van der Waals surface area contributed by atoms with Gasteiger partial charge >= 0.3 is 0 Å². The molecule has 0 amide bonds. The highest BCUT2D eigenvalue weighted by Gasteiger charge is 2.09. The molecule has 0 aromatic carbocycles. The van der Waals surface area contributed by atoms with Crippen molar-refractivity contribution in [3.63, 3.8) is 0 Å². The SMILES string of the molecule is CC(C)N(CCCCl)CCc1ccnn1C. The molecular formula is C12H22ClN3. The van der Waals surface area contributed by atoms with Crippen molar-refractivity contribution in [3.05, 3.63) is 18.0 Å². The normalized spacial score (nSPS) is 11.6. The van der Waals surface area contributed by atoms with Crippen LogP contribution in [-0.4, -0.2) is 39.7 Å². The molecule has 0 atom stereocenters. The average molecular weight is 244 g/mol. The first-order valence-corrected chi connectivity index (χ1v) is 6.45. The fourth-order valence-electron chi connectivity index (χ4n) is 1.80. The van der Waals surface area contributed by atoms with Crippen LogP contribution >= 0.6 is 11.6 Å². The van der Waals surface area contributed by atoms with Crippen molar-refractivity contribution < 1.29 is 0 Å². The molecule has 92 valence electrons. The monoisotopic (exact) mass is 243 g/mol. The molecule has 1 aromatic heterocycles. The first kappa shape index (κ1) is 13.5. The number of halogens is 1. The molecule has 0 unspecified atom stereocenters. The molecule has 0 aliphatic carbocycles. The minimum absolute atomic E-state index is 0.580. The molecule has 0 radical (unpaired) electrons. The van der Waals surface area contributed by atoms with Gasteiger partial charge < -0.3 is 4.90 Å². The fourth-order valence-corrected chi connectivity index (χ4v) is 1.92. The summed E-state index contributed by atoms with van der Waals surface area (Å²) in [5.41, 5.74) is 1.29. The highest BCUT2D eigenvalue weighted by atomic mass is 35.5. The summed E-state index contributed by atoms with van der Waals surface area (Å²) in [4.78, 5) is 2.47. The van der Waals surface area contributed by atoms with Gasteiger partial charge in [-0.25, -0.2) is 0 Å². The number of hydrogen-bond donors (Lipinski definition) is 0. The Morgan fingerprint density at radius 1 is 1.44 bits per heavy atom. The van der Waals surface area contributed by atoms with Crippen LogP contribution in [0.3, 0.4) is 0 Å². The summed E-state index contributed by atoms with van der Waals surface area (Å²) < 4.78 is 1.94. The van der Waals surface area contributed by atoms with Gasteiger partial charge in [-0.15, -0.1) is 11.6 Å². The van der Waals surface area contributed by atoms with Crippen LogP contribution in [-0.2, 0) is 13.5 Å². The van der Waals surface area contributed by atoms with E-state index in [1.54, 1.807) is 0 Å². The van der Waals surface area contributed by atoms with Crippen molar-refractivity contribution in [2.45, 2.75) is 32.7 Å². The summed E-state index contributed by atoms with van der Waals surface area (Å²) >= 11 is 5.73. The quantitative estimate of drug-likeness (QED) is 0.686. The smallest absolute Gasteiger partial charge is 0.0492 e. The summed E-state index contributed by atoms with van der Waals surface area (Å²) in [5, 5.41) is 4.18. The third kappa shape index (κ3) is 4.14. The largest absolute Gasteiger partial charge is 0.301 e. The van der Waals surface area contributed by atoms with E-state index in [1.165, 1.54) is 5.69 Å². The Hall–Kier alpha value is -0.540. The lowest BCUT2D eigenvalue weighted by molar-refractivity contribution is 0.224. The number of rotatable bonds is 7. The Balaban J connectivity index is 2.40. The molecule has 0 saturated heterocycles. The van der Waals surface area contributed by atoms with E-state index in [4.69, 9.17) is 11.6 Å². The lowest BCUT2D eigenvalue weighted by Crippen LogP contribution is -2.34. The second kappa shape index (κ2) is 6.92. The van der Waals surface area contributed by atoms with Gasteiger partial charge in [0.1, 0.15) is 0 Å². The van der Waals surface area contributed by atoms with Gasteiger partial charge in [0.05, 0.1) is 0 Å². The highest BCUT2D eigenvalue weighted by Crippen LogP contribution is 2.05. The molecule has 16 heavy (non-hydrogen) atoms. The van der Waals surface area contributed by atoms with E-state index in [1.807, 2.05) is 17.9 Å². The minimum Gasteiger partial charge on any atom is -0.301 e. The van der Waals surface area contributed by atoms with Crippen molar-refractivity contribution in [2.75, 3.05) is 19.0 Å². The molecular weight excluding hydrogens is 222 g/mol. The van der Waals surface area contributed by atoms with Gasteiger partial charge in [-0.2, -0.15) is 5.10 Å². The maximum absolute atomic E-state index is 5.73. The van der Waals surface area contributed by atoms with Gasteiger partial charge in [0, 0.05) is 43.8 Å². The molecule has 1 aromatic rings. The van der Waals surface area contributed by atoms with Crippen LogP contribution in [0.25, 0.3) is 0 Å². The van der Waals surface area contributed by atoms with Gasteiger partial charge in [0.2, 0.25) is 0 Å². The van der Waals surface area contributed by atoms with Gasteiger partial charge in [0.25, 0.3) is 0 Å². The van der Waals surface area contributed by atoms with Crippen LogP contribution in [0.5, 0.6) is 0 Å². The van der Waals surface area contributed by atoms with E-state index in [-0.39, 0.29) is 0 Å². The number of hydrogen-bond acceptors (Lipinski definition) is 2. The van der Waals surface area contributed by atoms with Crippen LogP contribution in [0.1, 0.15) is 26.0 Å². The maximum atomic E-state index is 5.73. The van der Waals surface area contributed by atoms with Crippen LogP contribution < -0.4 is 0 Å². The van der Waals surface area contributed by atoms with Crippen molar-refractivity contribution in [1.29, 1.82) is 0 Å². The Morgan fingerprint density at radius 3 is 2.69 bits per heavy atom. The second-order valence-electron chi connectivity index (χ2n) is 4.37. The van der Waals surface area contributed by atoms with Crippen molar-refractivity contribution >= 4 is 11.6 Å². The molecule has 0 aliphatic heterocycles. The Bertz CT molecular complexity index is 296. The Kier molecular flexibility index (Phi) is 5.85. The molecule has 0 N–H and O–H groups in total. The second-order valence-corrected chi connectivity index (χ2v) is 4.75. The summed E-state index contributed by atoms with van der Waals surface area (Å²) in [5.74, 6) is 0.745. The topological polar surface area (TPSA) is 21.1 Å². The van der Waals surface area contributed by atoms with Gasteiger partial charge in [-0.05, 0) is 32.9 Å². The summed E-state index contributed by atoms with van der Waals surface area (Å²) in [6.45, 7) is 6.63. The maximum Gasteiger partial charge on any atom is 0.0492 e. The standard InChI is InChI=1S/C12H22ClN3/c1-11(2)16(9-4-7-13)10-6-12-5-8-14-15(12)3/h5,8,11H,4,6-7,9-10H2,1-3H3. The third-order valence-electron chi connectivity index (χ3n) is 2.89. The zero-order chi connectivity index (χ0) is 12.0. The van der Waals surface area contributed by atoms with Gasteiger partial charge in [0.15, 0.2) is 0 Å². The van der Waals surface area contributed by atoms with Crippen molar-refractivity contribution in [3.8, 4) is 0 Å². The molecule has 0 fully saturated rings. The summed E-state index contributed by atoms with van der Waals surface area (Å²) in [7, 11) is 1.99. The molecule has 0 aliphatic rings. The molecule has 0 spiro atoms. The van der Waals surface area contributed by atoms with E-state index in [0.29, 0.717) is 6.04 Å². The summed E-state index contributed by atoms with van der Waals surface area (Å²) in [6, 6.07) is 2.66. The Labute approximate surface area is 103 Å². The molecule has 0 saturated carbocycles. The molecule has 0 bridgehead atoms. The average Bonchev–Trinajstić information content (AvgIpc) is 2.64. The molecule has 1 rings (SSSR count). The van der Waals surface area contributed by atoms with Gasteiger partial charge in [-0.3, -0.25) is 4.68 Å². The number of aromatic nitrogens is 2. The third-order valence-corrected chi connectivity index (χ3v) is 3.15. The number of aryl methyl sites for hydroxylation is 1. The molecule has 1 heterocycles. The van der Waals surface area contributed by atoms with Gasteiger partial charge in [-0.1, -0.05) is 0 Å². The van der Waals surface area contributed by atoms with E-state index in [9.17, 15) is 0 Å². The van der Waals surface area contributed by atoms with E-state index < -0.39 is 0 Å². The number of nitrogens with zero attached hydrogens (tertiary/aromatic N) is 3. The lowest BCUT2D eigenvalue weighted by atomic mass is 10.2. The van der Waals surface area contributed by atoms with E-state index in [2.05, 4.69) is 29.9 Å². The summed E-state index contributed by atoms with van der Waals surface area (Å²) in [6.07, 6.45) is 3.97. The number of alkyl halides is 1. The molecule has 3 nitrogen and oxygen atoms in total. The van der Waals surface area contributed by atoms with Crippen LogP contribution in [0.2, 0.25) is 0 Å². The lowest BCUT2D eigenvalue weighted by Gasteiger charge is -2.26. The zero-order valence-electron chi connectivity index (χ0n) is 10.5. The predicted octanol–water partition coefficient (Wildman–Crippen LogP) is 2.30. The van der Waals surface area contributed by atoms with Crippen molar-refractivity contribution in [1.82, 2.24) is 14.7 Å². The zero-order valence-corrected chi connectivity index (χ0v) is 11.2. The predicted molar refractivity (Wildman–Crippen MR) is 69.0 cm³/mol. The first-order valence-electron chi connectivity index (χ1n) is 5.92. The van der Waals surface area contributed by atoms with Crippen LogP contribution in [0.15, 0.2) is 12.3 Å². The van der Waals surface area contributed by atoms with E-state index in [0.717, 1.165) is 31.8 Å². The first-order chi connectivity index (χ1) is 7.65.